The fraction of sp³-hybridized carbons (Fsp3) is 0.636. The topological polar surface area (TPSA) is 73.1 Å². The van der Waals surface area contributed by atoms with Crippen LogP contribution in [0.2, 0.25) is 0 Å². The number of nitrogens with one attached hydrogen (secondary N) is 1. The lowest BCUT2D eigenvalue weighted by Gasteiger charge is -2.10. The second kappa shape index (κ2) is 6.87. The molecule has 0 amide bonds. The van der Waals surface area contributed by atoms with Gasteiger partial charge in [-0.25, -0.2) is 4.98 Å². The van der Waals surface area contributed by atoms with Crippen LogP contribution in [0.25, 0.3) is 0 Å². The second-order valence-electron chi connectivity index (χ2n) is 3.51. The first-order valence-electron chi connectivity index (χ1n) is 5.76. The van der Waals surface area contributed by atoms with E-state index in [1.54, 1.807) is 0 Å². The molecule has 0 aromatic carbocycles. The van der Waals surface area contributed by atoms with Crippen LogP contribution in [-0.2, 0) is 0 Å². The number of hydrogen-bond donors (Lipinski definition) is 2. The van der Waals surface area contributed by atoms with Crippen LogP contribution in [0.3, 0.4) is 0 Å². The maximum Gasteiger partial charge on any atom is 0.242 e. The Morgan fingerprint density at radius 3 is 2.81 bits per heavy atom. The molecule has 0 saturated carbocycles. The molecular formula is C11H20N4O. The van der Waals surface area contributed by atoms with Gasteiger partial charge in [0.25, 0.3) is 0 Å². The van der Waals surface area contributed by atoms with Crippen molar-refractivity contribution in [3.05, 3.63) is 6.33 Å². The van der Waals surface area contributed by atoms with Crippen molar-refractivity contribution in [2.24, 2.45) is 0 Å². The van der Waals surface area contributed by atoms with Gasteiger partial charge in [0, 0.05) is 6.54 Å². The minimum absolute atomic E-state index is 0.454. The highest BCUT2D eigenvalue weighted by Crippen LogP contribution is 2.24. The van der Waals surface area contributed by atoms with Gasteiger partial charge >= 0.3 is 0 Å². The molecule has 5 heteroatoms. The van der Waals surface area contributed by atoms with Gasteiger partial charge < -0.3 is 15.8 Å². The van der Waals surface area contributed by atoms with Gasteiger partial charge in [-0.3, -0.25) is 0 Å². The zero-order chi connectivity index (χ0) is 11.8. The number of hydrogen-bond acceptors (Lipinski definition) is 5. The molecule has 0 aliphatic rings. The Kier molecular flexibility index (Phi) is 5.39. The van der Waals surface area contributed by atoms with Crippen molar-refractivity contribution in [1.29, 1.82) is 0 Å². The van der Waals surface area contributed by atoms with Gasteiger partial charge in [-0.2, -0.15) is 4.98 Å². The van der Waals surface area contributed by atoms with Crippen molar-refractivity contribution >= 4 is 11.5 Å². The van der Waals surface area contributed by atoms with Crippen molar-refractivity contribution in [2.75, 3.05) is 24.2 Å². The molecule has 0 spiro atoms. The largest absolute Gasteiger partial charge is 0.476 e. The predicted octanol–water partition coefficient (Wildman–Crippen LogP) is 2.06. The number of ether oxygens (including phenoxy) is 1. The third kappa shape index (κ3) is 3.56. The van der Waals surface area contributed by atoms with Crippen LogP contribution in [0.4, 0.5) is 11.5 Å². The van der Waals surface area contributed by atoms with E-state index in [0.29, 0.717) is 24.0 Å². The Morgan fingerprint density at radius 2 is 2.12 bits per heavy atom. The molecule has 0 radical (unpaired) electrons. The minimum Gasteiger partial charge on any atom is -0.476 e. The van der Waals surface area contributed by atoms with Crippen LogP contribution in [-0.4, -0.2) is 23.1 Å². The van der Waals surface area contributed by atoms with Gasteiger partial charge in [0.15, 0.2) is 5.82 Å². The summed E-state index contributed by atoms with van der Waals surface area (Å²) < 4.78 is 5.29. The standard InChI is InChI=1S/C11H20N4O/c1-3-5-6-7-13-10-9(12)11(16-4-2)15-8-14-10/h8H,3-7,12H2,1-2H3,(H,13,14,15). The average molecular weight is 224 g/mol. The van der Waals surface area contributed by atoms with Gasteiger partial charge in [-0.05, 0) is 13.3 Å². The molecule has 1 aromatic rings. The Bertz CT molecular complexity index is 317. The second-order valence-corrected chi connectivity index (χ2v) is 3.51. The molecule has 16 heavy (non-hydrogen) atoms. The molecule has 0 aliphatic carbocycles. The summed E-state index contributed by atoms with van der Waals surface area (Å²) in [5.41, 5.74) is 6.36. The number of aromatic nitrogens is 2. The molecule has 0 unspecified atom stereocenters. The number of nitrogen functional groups attached to an aromatic ring is 1. The Morgan fingerprint density at radius 1 is 1.31 bits per heavy atom. The normalized spacial score (nSPS) is 10.1. The van der Waals surface area contributed by atoms with Crippen LogP contribution in [0.5, 0.6) is 5.88 Å². The van der Waals surface area contributed by atoms with Crippen LogP contribution in [0, 0.1) is 0 Å². The zero-order valence-corrected chi connectivity index (χ0v) is 9.99. The van der Waals surface area contributed by atoms with E-state index < -0.39 is 0 Å². The smallest absolute Gasteiger partial charge is 0.242 e. The van der Waals surface area contributed by atoms with Gasteiger partial charge in [-0.15, -0.1) is 0 Å². The van der Waals surface area contributed by atoms with E-state index in [0.717, 1.165) is 13.0 Å². The van der Waals surface area contributed by atoms with Crippen LogP contribution in [0.1, 0.15) is 33.1 Å². The Hall–Kier alpha value is -1.52. The number of unbranched alkanes of at least 4 members (excludes halogenated alkanes) is 2. The number of nitrogens with two attached hydrogens (primary N) is 1. The molecule has 3 N–H and O–H groups in total. The first-order chi connectivity index (χ1) is 7.79. The summed E-state index contributed by atoms with van der Waals surface area (Å²) in [4.78, 5) is 8.07. The zero-order valence-electron chi connectivity index (χ0n) is 9.99. The number of anilines is 2. The van der Waals surface area contributed by atoms with E-state index in [1.807, 2.05) is 6.92 Å². The summed E-state index contributed by atoms with van der Waals surface area (Å²) in [5.74, 6) is 1.12. The third-order valence-corrected chi connectivity index (χ3v) is 2.20. The molecule has 0 saturated heterocycles. The van der Waals surface area contributed by atoms with Gasteiger partial charge in [0.05, 0.1) is 6.61 Å². The average Bonchev–Trinajstić information content (AvgIpc) is 2.29. The monoisotopic (exact) mass is 224 g/mol. The molecule has 1 rings (SSSR count). The van der Waals surface area contributed by atoms with E-state index in [2.05, 4.69) is 22.2 Å². The molecule has 0 fully saturated rings. The molecule has 90 valence electrons. The third-order valence-electron chi connectivity index (χ3n) is 2.20. The van der Waals surface area contributed by atoms with E-state index in [1.165, 1.54) is 19.2 Å². The van der Waals surface area contributed by atoms with Crippen molar-refractivity contribution in [1.82, 2.24) is 9.97 Å². The highest BCUT2D eigenvalue weighted by atomic mass is 16.5. The van der Waals surface area contributed by atoms with Crippen molar-refractivity contribution in [3.8, 4) is 5.88 Å². The summed E-state index contributed by atoms with van der Waals surface area (Å²) in [6.45, 7) is 5.50. The fourth-order valence-electron chi connectivity index (χ4n) is 1.35. The van der Waals surface area contributed by atoms with Crippen molar-refractivity contribution in [2.45, 2.75) is 33.1 Å². The molecule has 0 aliphatic heterocycles. The van der Waals surface area contributed by atoms with Gasteiger partial charge in [0.2, 0.25) is 5.88 Å². The summed E-state index contributed by atoms with van der Waals surface area (Å²) in [6, 6.07) is 0. The van der Waals surface area contributed by atoms with Gasteiger partial charge in [-0.1, -0.05) is 19.8 Å². The maximum absolute atomic E-state index is 5.87. The maximum atomic E-state index is 5.87. The number of nitrogens with zero attached hydrogens (tertiary/aromatic N) is 2. The molecule has 5 nitrogen and oxygen atoms in total. The van der Waals surface area contributed by atoms with Crippen molar-refractivity contribution in [3.63, 3.8) is 0 Å². The SMILES string of the molecule is CCCCCNc1ncnc(OCC)c1N. The summed E-state index contributed by atoms with van der Waals surface area (Å²) in [6.07, 6.45) is 4.98. The Balaban J connectivity index is 2.55. The van der Waals surface area contributed by atoms with Crippen LogP contribution >= 0.6 is 0 Å². The molecule has 1 heterocycles. The van der Waals surface area contributed by atoms with Crippen LogP contribution in [0.15, 0.2) is 6.33 Å². The van der Waals surface area contributed by atoms with E-state index in [-0.39, 0.29) is 0 Å². The molecule has 0 bridgehead atoms. The molecule has 1 aromatic heterocycles. The van der Waals surface area contributed by atoms with Gasteiger partial charge in [0.1, 0.15) is 12.0 Å². The van der Waals surface area contributed by atoms with Crippen LogP contribution < -0.4 is 15.8 Å². The summed E-state index contributed by atoms with van der Waals surface area (Å²) >= 11 is 0. The lowest BCUT2D eigenvalue weighted by Crippen LogP contribution is -2.08. The summed E-state index contributed by atoms with van der Waals surface area (Å²) in [7, 11) is 0. The van der Waals surface area contributed by atoms with E-state index in [9.17, 15) is 0 Å². The summed E-state index contributed by atoms with van der Waals surface area (Å²) in [5, 5.41) is 3.19. The molecule has 0 atom stereocenters. The number of rotatable bonds is 7. The lowest BCUT2D eigenvalue weighted by molar-refractivity contribution is 0.328. The molecular weight excluding hydrogens is 204 g/mol. The highest BCUT2D eigenvalue weighted by Gasteiger charge is 2.07. The van der Waals surface area contributed by atoms with E-state index in [4.69, 9.17) is 10.5 Å². The Labute approximate surface area is 96.4 Å². The van der Waals surface area contributed by atoms with Crippen molar-refractivity contribution < 1.29 is 4.74 Å². The fourth-order valence-corrected chi connectivity index (χ4v) is 1.35. The lowest BCUT2D eigenvalue weighted by atomic mass is 10.2. The predicted molar refractivity (Wildman–Crippen MR) is 65.6 cm³/mol. The quantitative estimate of drug-likeness (QED) is 0.693. The van der Waals surface area contributed by atoms with E-state index >= 15 is 0 Å². The first kappa shape index (κ1) is 12.5. The first-order valence-corrected chi connectivity index (χ1v) is 5.76. The highest BCUT2D eigenvalue weighted by molar-refractivity contribution is 5.66. The minimum atomic E-state index is 0.454.